The molecule has 1 rings (SSSR count). The van der Waals surface area contributed by atoms with Crippen LogP contribution in [0.2, 0.25) is 0 Å². The molecule has 0 fully saturated rings. The largest absolute Gasteiger partial charge is 0.573 e. The van der Waals surface area contributed by atoms with Gasteiger partial charge in [-0.05, 0) is 0 Å². The summed E-state index contributed by atoms with van der Waals surface area (Å²) < 4.78 is 44.2. The Hall–Kier alpha value is -1.51. The van der Waals surface area contributed by atoms with Crippen molar-refractivity contribution in [1.82, 2.24) is 4.98 Å². The number of ether oxygens (including phenoxy) is 2. The molecule has 0 bridgehead atoms. The van der Waals surface area contributed by atoms with Crippen LogP contribution in [-0.4, -0.2) is 29.5 Å². The summed E-state index contributed by atoms with van der Waals surface area (Å²) in [6.07, 6.45) is -4.99. The van der Waals surface area contributed by atoms with Gasteiger partial charge in [-0.25, -0.2) is 9.78 Å². The number of aromatic hydroxyl groups is 1. The Morgan fingerprint density at radius 2 is 2.17 bits per heavy atom. The average Bonchev–Trinajstić information content (AvgIpc) is 2.29. The van der Waals surface area contributed by atoms with Crippen molar-refractivity contribution in [3.8, 4) is 11.5 Å². The smallest absolute Gasteiger partial charge is 0.503 e. The summed E-state index contributed by atoms with van der Waals surface area (Å²) in [5.41, 5.74) is -0.568. The lowest BCUT2D eigenvalue weighted by Crippen LogP contribution is -2.18. The van der Waals surface area contributed by atoms with E-state index in [4.69, 9.17) is 0 Å². The minimum absolute atomic E-state index is 0.0577. The molecular weight excluding hydrogens is 323 g/mol. The first-order valence-electron chi connectivity index (χ1n) is 4.41. The maximum absolute atomic E-state index is 12.1. The third kappa shape index (κ3) is 3.49. The molecule has 1 heterocycles. The number of aromatic nitrogens is 1. The first-order valence-corrected chi connectivity index (χ1v) is 5.53. The summed E-state index contributed by atoms with van der Waals surface area (Å²) in [7, 11) is 1.05. The summed E-state index contributed by atoms with van der Waals surface area (Å²) in [4.78, 5) is 14.8. The van der Waals surface area contributed by atoms with Crippen LogP contribution in [0.25, 0.3) is 0 Å². The fraction of sp³-hybridized carbons (Fsp3) is 0.333. The number of methoxy groups -OCH3 is 1. The lowest BCUT2D eigenvalue weighted by molar-refractivity contribution is -0.275. The zero-order chi connectivity index (χ0) is 13.9. The van der Waals surface area contributed by atoms with Gasteiger partial charge in [-0.15, -0.1) is 13.2 Å². The van der Waals surface area contributed by atoms with Crippen molar-refractivity contribution in [2.24, 2.45) is 0 Å². The standard InChI is InChI=1S/C9H7BrF3NO4/c1-17-8(16)4-2-6(18-9(11,12)13)7(15)5(3-10)14-4/h2,15H,3H2,1H3. The fourth-order valence-corrected chi connectivity index (χ4v) is 1.46. The summed E-state index contributed by atoms with van der Waals surface area (Å²) in [6, 6.07) is 0.654. The number of hydrogen-bond donors (Lipinski definition) is 1. The van der Waals surface area contributed by atoms with Crippen molar-refractivity contribution in [3.05, 3.63) is 17.5 Å². The number of esters is 1. The van der Waals surface area contributed by atoms with E-state index in [0.717, 1.165) is 7.11 Å². The molecule has 0 aliphatic carbocycles. The number of hydrogen-bond acceptors (Lipinski definition) is 5. The maximum atomic E-state index is 12.1. The lowest BCUT2D eigenvalue weighted by Gasteiger charge is -2.12. The number of pyridine rings is 1. The fourth-order valence-electron chi connectivity index (χ4n) is 1.07. The molecule has 0 aliphatic rings. The summed E-state index contributed by atoms with van der Waals surface area (Å²) in [5, 5.41) is 9.40. The van der Waals surface area contributed by atoms with E-state index in [1.807, 2.05) is 0 Å². The molecule has 0 aliphatic heterocycles. The van der Waals surface area contributed by atoms with Gasteiger partial charge in [-0.2, -0.15) is 0 Å². The molecule has 5 nitrogen and oxygen atoms in total. The van der Waals surface area contributed by atoms with E-state index in [1.54, 1.807) is 0 Å². The second-order valence-corrected chi connectivity index (χ2v) is 3.53. The van der Waals surface area contributed by atoms with E-state index in [1.165, 1.54) is 0 Å². The molecule has 0 aromatic carbocycles. The molecule has 100 valence electrons. The SMILES string of the molecule is COC(=O)c1cc(OC(F)(F)F)c(O)c(CBr)n1. The van der Waals surface area contributed by atoms with Crippen LogP contribution in [0.4, 0.5) is 13.2 Å². The Balaban J connectivity index is 3.27. The molecule has 9 heteroatoms. The van der Waals surface area contributed by atoms with Crippen LogP contribution >= 0.6 is 15.9 Å². The Morgan fingerprint density at radius 1 is 1.56 bits per heavy atom. The van der Waals surface area contributed by atoms with Gasteiger partial charge >= 0.3 is 12.3 Å². The molecule has 18 heavy (non-hydrogen) atoms. The molecule has 0 unspecified atom stereocenters. The number of alkyl halides is 4. The Bertz CT molecular complexity index is 464. The second kappa shape index (κ2) is 5.42. The van der Waals surface area contributed by atoms with Crippen molar-refractivity contribution in [2.45, 2.75) is 11.7 Å². The van der Waals surface area contributed by atoms with Crippen LogP contribution in [-0.2, 0) is 10.1 Å². The highest BCUT2D eigenvalue weighted by atomic mass is 79.9. The van der Waals surface area contributed by atoms with Crippen molar-refractivity contribution in [3.63, 3.8) is 0 Å². The molecule has 0 spiro atoms. The van der Waals surface area contributed by atoms with Crippen LogP contribution < -0.4 is 4.74 Å². The maximum Gasteiger partial charge on any atom is 0.573 e. The third-order valence-electron chi connectivity index (χ3n) is 1.78. The number of nitrogens with zero attached hydrogens (tertiary/aromatic N) is 1. The van der Waals surface area contributed by atoms with Crippen LogP contribution in [0.3, 0.4) is 0 Å². The van der Waals surface area contributed by atoms with Crippen molar-refractivity contribution in [1.29, 1.82) is 0 Å². The molecule has 0 saturated heterocycles. The summed E-state index contributed by atoms with van der Waals surface area (Å²) >= 11 is 2.92. The summed E-state index contributed by atoms with van der Waals surface area (Å²) in [6.45, 7) is 0. The quantitative estimate of drug-likeness (QED) is 0.681. The Morgan fingerprint density at radius 3 is 2.61 bits per heavy atom. The van der Waals surface area contributed by atoms with Crippen LogP contribution in [0.5, 0.6) is 11.5 Å². The highest BCUT2D eigenvalue weighted by Gasteiger charge is 2.33. The lowest BCUT2D eigenvalue weighted by atomic mass is 10.2. The van der Waals surface area contributed by atoms with Crippen LogP contribution in [0, 0.1) is 0 Å². The molecule has 0 amide bonds. The zero-order valence-corrected chi connectivity index (χ0v) is 10.5. The molecular formula is C9H7BrF3NO4. The number of carbonyl (C=O) groups excluding carboxylic acids is 1. The second-order valence-electron chi connectivity index (χ2n) is 2.97. The van der Waals surface area contributed by atoms with E-state index >= 15 is 0 Å². The number of halogens is 4. The van der Waals surface area contributed by atoms with Crippen molar-refractivity contribution in [2.75, 3.05) is 7.11 Å². The van der Waals surface area contributed by atoms with Gasteiger partial charge in [-0.3, -0.25) is 0 Å². The van der Waals surface area contributed by atoms with E-state index < -0.39 is 29.5 Å². The minimum atomic E-state index is -4.99. The topological polar surface area (TPSA) is 68.7 Å². The Labute approximate surface area is 108 Å². The van der Waals surface area contributed by atoms with Crippen molar-refractivity contribution >= 4 is 21.9 Å². The first-order chi connectivity index (χ1) is 8.28. The molecule has 0 atom stereocenters. The predicted octanol–water partition coefficient (Wildman–Crippen LogP) is 2.37. The van der Waals surface area contributed by atoms with Crippen LogP contribution in [0.1, 0.15) is 16.2 Å². The van der Waals surface area contributed by atoms with E-state index in [9.17, 15) is 23.1 Å². The Kier molecular flexibility index (Phi) is 4.38. The van der Waals surface area contributed by atoms with E-state index in [2.05, 4.69) is 30.4 Å². The van der Waals surface area contributed by atoms with E-state index in [-0.39, 0.29) is 11.0 Å². The highest BCUT2D eigenvalue weighted by molar-refractivity contribution is 9.08. The molecule has 1 aromatic rings. The molecule has 0 saturated carbocycles. The summed E-state index contributed by atoms with van der Waals surface area (Å²) in [5.74, 6) is -2.64. The van der Waals surface area contributed by atoms with Gasteiger partial charge < -0.3 is 14.6 Å². The van der Waals surface area contributed by atoms with Crippen LogP contribution in [0.15, 0.2) is 6.07 Å². The van der Waals surface area contributed by atoms with Gasteiger partial charge in [0.05, 0.1) is 12.8 Å². The first kappa shape index (κ1) is 14.6. The van der Waals surface area contributed by atoms with Gasteiger partial charge in [0.1, 0.15) is 0 Å². The van der Waals surface area contributed by atoms with Gasteiger partial charge in [0.25, 0.3) is 0 Å². The number of carbonyl (C=O) groups is 1. The van der Waals surface area contributed by atoms with Gasteiger partial charge in [-0.1, -0.05) is 15.9 Å². The predicted molar refractivity (Wildman–Crippen MR) is 56.6 cm³/mol. The average molecular weight is 330 g/mol. The molecule has 0 radical (unpaired) electrons. The van der Waals surface area contributed by atoms with Gasteiger partial charge in [0.15, 0.2) is 17.2 Å². The number of rotatable bonds is 3. The zero-order valence-electron chi connectivity index (χ0n) is 8.92. The van der Waals surface area contributed by atoms with Gasteiger partial charge in [0.2, 0.25) is 0 Å². The monoisotopic (exact) mass is 329 g/mol. The van der Waals surface area contributed by atoms with E-state index in [0.29, 0.717) is 6.07 Å². The van der Waals surface area contributed by atoms with Crippen molar-refractivity contribution < 1.29 is 32.5 Å². The molecule has 1 aromatic heterocycles. The molecule has 1 N–H and O–H groups in total. The normalized spacial score (nSPS) is 11.2. The van der Waals surface area contributed by atoms with Gasteiger partial charge in [0, 0.05) is 11.4 Å². The highest BCUT2D eigenvalue weighted by Crippen LogP contribution is 2.35. The minimum Gasteiger partial charge on any atom is -0.503 e. The third-order valence-corrected chi connectivity index (χ3v) is 2.31.